The average Bonchev–Trinajstić information content (AvgIpc) is 3.54. The molecule has 0 spiro atoms. The molecule has 0 radical (unpaired) electrons. The summed E-state index contributed by atoms with van der Waals surface area (Å²) in [4.78, 5) is 19.9. The Bertz CT molecular complexity index is 1650. The van der Waals surface area contributed by atoms with Crippen molar-refractivity contribution >= 4 is 38.0 Å². The van der Waals surface area contributed by atoms with E-state index in [1.165, 1.54) is 26.5 Å². The number of methoxy groups -OCH3 is 1. The van der Waals surface area contributed by atoms with E-state index in [1.54, 1.807) is 23.0 Å². The molecule has 0 atom stereocenters. The normalized spacial score (nSPS) is 11.7. The number of benzene rings is 2. The van der Waals surface area contributed by atoms with Crippen molar-refractivity contribution in [2.24, 2.45) is 0 Å². The van der Waals surface area contributed by atoms with Crippen molar-refractivity contribution in [3.05, 3.63) is 93.7 Å². The van der Waals surface area contributed by atoms with E-state index in [2.05, 4.69) is 58.2 Å². The SMILES string of the molecule is COc1ccc(Cn2c(=O)n3ncnc3c3c(C)c(Cn4cc5ccccc5c4)sc32)cc1. The lowest BCUT2D eigenvalue weighted by Gasteiger charge is -2.09. The molecule has 164 valence electrons. The van der Waals surface area contributed by atoms with Gasteiger partial charge in [0, 0.05) is 17.3 Å². The van der Waals surface area contributed by atoms with Gasteiger partial charge in [-0.1, -0.05) is 36.4 Å². The zero-order valence-corrected chi connectivity index (χ0v) is 19.0. The molecule has 0 aliphatic heterocycles. The Hall–Kier alpha value is -3.91. The molecule has 4 aromatic heterocycles. The highest BCUT2D eigenvalue weighted by molar-refractivity contribution is 7.19. The molecule has 8 heteroatoms. The van der Waals surface area contributed by atoms with Crippen LogP contribution in [0.25, 0.3) is 26.6 Å². The summed E-state index contributed by atoms with van der Waals surface area (Å²) in [6.45, 7) is 3.28. The van der Waals surface area contributed by atoms with Crippen LogP contribution in [0.5, 0.6) is 5.75 Å². The summed E-state index contributed by atoms with van der Waals surface area (Å²) in [5.74, 6) is 0.788. The predicted molar refractivity (Wildman–Crippen MR) is 131 cm³/mol. The number of fused-ring (bicyclic) bond motifs is 4. The van der Waals surface area contributed by atoms with Gasteiger partial charge in [-0.3, -0.25) is 4.57 Å². The van der Waals surface area contributed by atoms with Crippen LogP contribution in [0, 0.1) is 6.92 Å². The van der Waals surface area contributed by atoms with Crippen molar-refractivity contribution in [3.63, 3.8) is 0 Å². The van der Waals surface area contributed by atoms with Crippen molar-refractivity contribution in [1.82, 2.24) is 23.7 Å². The maximum Gasteiger partial charge on any atom is 0.352 e. The van der Waals surface area contributed by atoms with Gasteiger partial charge in [0.2, 0.25) is 0 Å². The molecule has 0 aliphatic rings. The van der Waals surface area contributed by atoms with E-state index < -0.39 is 0 Å². The molecule has 0 saturated carbocycles. The number of aromatic nitrogens is 5. The zero-order valence-electron chi connectivity index (χ0n) is 18.2. The minimum Gasteiger partial charge on any atom is -0.497 e. The molecule has 6 aromatic rings. The number of hydrogen-bond donors (Lipinski definition) is 0. The van der Waals surface area contributed by atoms with Crippen LogP contribution in [0.1, 0.15) is 16.0 Å². The number of aryl methyl sites for hydroxylation is 1. The highest BCUT2D eigenvalue weighted by atomic mass is 32.1. The molecule has 0 aliphatic carbocycles. The molecular weight excluding hydrogens is 434 g/mol. The van der Waals surface area contributed by atoms with Crippen LogP contribution in [-0.2, 0) is 13.1 Å². The first-order valence-corrected chi connectivity index (χ1v) is 11.5. The first-order chi connectivity index (χ1) is 16.1. The summed E-state index contributed by atoms with van der Waals surface area (Å²) in [5.41, 5.74) is 2.57. The van der Waals surface area contributed by atoms with E-state index in [1.807, 2.05) is 24.3 Å². The van der Waals surface area contributed by atoms with Gasteiger partial charge in [0.15, 0.2) is 5.65 Å². The molecule has 6 rings (SSSR count). The third kappa shape index (κ3) is 3.22. The van der Waals surface area contributed by atoms with Gasteiger partial charge in [-0.05, 0) is 41.0 Å². The maximum absolute atomic E-state index is 13.3. The van der Waals surface area contributed by atoms with Gasteiger partial charge < -0.3 is 9.30 Å². The topological polar surface area (TPSA) is 66.3 Å². The molecule has 0 amide bonds. The van der Waals surface area contributed by atoms with E-state index in [0.717, 1.165) is 33.6 Å². The van der Waals surface area contributed by atoms with Crippen molar-refractivity contribution in [2.45, 2.75) is 20.0 Å². The molecule has 0 N–H and O–H groups in total. The monoisotopic (exact) mass is 455 g/mol. The number of ether oxygens (including phenoxy) is 1. The zero-order chi connectivity index (χ0) is 22.5. The summed E-state index contributed by atoms with van der Waals surface area (Å²) in [6, 6.07) is 16.1. The summed E-state index contributed by atoms with van der Waals surface area (Å²) in [6.07, 6.45) is 5.77. The van der Waals surface area contributed by atoms with Gasteiger partial charge >= 0.3 is 5.69 Å². The number of thiophene rings is 1. The molecule has 4 heterocycles. The summed E-state index contributed by atoms with van der Waals surface area (Å²) in [5, 5.41) is 7.63. The van der Waals surface area contributed by atoms with Crippen LogP contribution in [0.15, 0.2) is 72.0 Å². The van der Waals surface area contributed by atoms with E-state index in [4.69, 9.17) is 4.74 Å². The van der Waals surface area contributed by atoms with Crippen molar-refractivity contribution in [1.29, 1.82) is 0 Å². The van der Waals surface area contributed by atoms with Crippen LogP contribution in [-0.4, -0.2) is 30.8 Å². The fraction of sp³-hybridized carbons (Fsp3) is 0.160. The Balaban J connectivity index is 1.50. The first kappa shape index (κ1) is 19.8. The Labute approximate surface area is 193 Å². The average molecular weight is 456 g/mol. The summed E-state index contributed by atoms with van der Waals surface area (Å²) >= 11 is 1.65. The van der Waals surface area contributed by atoms with Crippen molar-refractivity contribution in [3.8, 4) is 5.75 Å². The van der Waals surface area contributed by atoms with Gasteiger partial charge in [0.1, 0.15) is 16.9 Å². The van der Waals surface area contributed by atoms with E-state index >= 15 is 0 Å². The first-order valence-electron chi connectivity index (χ1n) is 10.6. The molecule has 2 aromatic carbocycles. The lowest BCUT2D eigenvalue weighted by Crippen LogP contribution is -2.27. The Kier molecular flexibility index (Phi) is 4.55. The smallest absolute Gasteiger partial charge is 0.352 e. The van der Waals surface area contributed by atoms with Crippen LogP contribution in [0.2, 0.25) is 0 Å². The Morgan fingerprint density at radius 2 is 1.73 bits per heavy atom. The van der Waals surface area contributed by atoms with E-state index in [-0.39, 0.29) is 5.69 Å². The summed E-state index contributed by atoms with van der Waals surface area (Å²) in [7, 11) is 1.64. The standard InChI is InChI=1S/C25H21N5O2S/c1-16-21(14-28-12-18-5-3-4-6-19(18)13-28)33-24-22(16)23-26-15-27-30(23)25(31)29(24)11-17-7-9-20(32-2)10-8-17/h3-10,12-13,15H,11,14H2,1-2H3. The Morgan fingerprint density at radius 3 is 2.42 bits per heavy atom. The fourth-order valence-electron chi connectivity index (χ4n) is 4.35. The maximum atomic E-state index is 13.3. The third-order valence-corrected chi connectivity index (χ3v) is 7.39. The molecule has 0 fully saturated rings. The van der Waals surface area contributed by atoms with Crippen LogP contribution in [0.3, 0.4) is 0 Å². The third-order valence-electron chi connectivity index (χ3n) is 6.09. The molecule has 0 saturated heterocycles. The lowest BCUT2D eigenvalue weighted by molar-refractivity contribution is 0.414. The van der Waals surface area contributed by atoms with Gasteiger partial charge in [-0.15, -0.1) is 11.3 Å². The van der Waals surface area contributed by atoms with Gasteiger partial charge in [0.05, 0.1) is 25.6 Å². The van der Waals surface area contributed by atoms with Gasteiger partial charge in [-0.2, -0.15) is 9.61 Å². The Morgan fingerprint density at radius 1 is 1.00 bits per heavy atom. The predicted octanol–water partition coefficient (Wildman–Crippen LogP) is 4.47. The highest BCUT2D eigenvalue weighted by Gasteiger charge is 2.20. The van der Waals surface area contributed by atoms with Gasteiger partial charge in [-0.25, -0.2) is 9.78 Å². The highest BCUT2D eigenvalue weighted by Crippen LogP contribution is 2.33. The van der Waals surface area contributed by atoms with Gasteiger partial charge in [0.25, 0.3) is 0 Å². The molecule has 0 unspecified atom stereocenters. The van der Waals surface area contributed by atoms with E-state index in [9.17, 15) is 4.79 Å². The van der Waals surface area contributed by atoms with Crippen LogP contribution < -0.4 is 10.4 Å². The molecule has 7 nitrogen and oxygen atoms in total. The number of rotatable bonds is 5. The molecule has 33 heavy (non-hydrogen) atoms. The largest absolute Gasteiger partial charge is 0.497 e. The molecule has 0 bridgehead atoms. The lowest BCUT2D eigenvalue weighted by atomic mass is 10.2. The second-order valence-corrected chi connectivity index (χ2v) is 9.19. The fourth-order valence-corrected chi connectivity index (χ4v) is 5.65. The summed E-state index contributed by atoms with van der Waals surface area (Å²) < 4.78 is 10.7. The van der Waals surface area contributed by atoms with E-state index in [0.29, 0.717) is 12.2 Å². The quantitative estimate of drug-likeness (QED) is 0.385. The van der Waals surface area contributed by atoms with Crippen molar-refractivity contribution in [2.75, 3.05) is 7.11 Å². The van der Waals surface area contributed by atoms with Crippen LogP contribution in [0.4, 0.5) is 0 Å². The second-order valence-electron chi connectivity index (χ2n) is 8.10. The number of nitrogens with zero attached hydrogens (tertiary/aromatic N) is 5. The van der Waals surface area contributed by atoms with Crippen molar-refractivity contribution < 1.29 is 4.74 Å². The minimum atomic E-state index is -0.190. The second kappa shape index (κ2) is 7.60. The minimum absolute atomic E-state index is 0.190. The molecular formula is C25H21N5O2S. The van der Waals surface area contributed by atoms with Crippen LogP contribution >= 0.6 is 11.3 Å². The number of hydrogen-bond acceptors (Lipinski definition) is 5.